The minimum absolute atomic E-state index is 0.00444. The van der Waals surface area contributed by atoms with Crippen LogP contribution in [0.15, 0.2) is 12.4 Å². The molecule has 7 nitrogen and oxygen atoms in total. The van der Waals surface area contributed by atoms with E-state index in [9.17, 15) is 13.2 Å². The third kappa shape index (κ3) is 3.85. The summed E-state index contributed by atoms with van der Waals surface area (Å²) in [5, 5.41) is 4.63. The number of nitrogens with zero attached hydrogens (tertiary/aromatic N) is 4. The number of amides is 1. The van der Waals surface area contributed by atoms with E-state index >= 15 is 0 Å². The van der Waals surface area contributed by atoms with Crippen LogP contribution >= 0.6 is 11.6 Å². The lowest BCUT2D eigenvalue weighted by atomic mass is 10.0. The van der Waals surface area contributed by atoms with Gasteiger partial charge in [0.15, 0.2) is 9.84 Å². The van der Waals surface area contributed by atoms with Crippen LogP contribution in [0.3, 0.4) is 0 Å². The minimum Gasteiger partial charge on any atom is -0.336 e. The highest BCUT2D eigenvalue weighted by Crippen LogP contribution is 2.34. The zero-order chi connectivity index (χ0) is 17.6. The molecule has 2 saturated heterocycles. The first kappa shape index (κ1) is 17.3. The monoisotopic (exact) mass is 386 g/mol. The molecule has 3 aliphatic rings. The van der Waals surface area contributed by atoms with Crippen molar-refractivity contribution in [1.29, 1.82) is 0 Å². The van der Waals surface area contributed by atoms with Gasteiger partial charge in [-0.25, -0.2) is 8.42 Å². The van der Waals surface area contributed by atoms with Gasteiger partial charge in [0.25, 0.3) is 0 Å². The molecule has 0 N–H and O–H groups in total. The molecule has 2 atom stereocenters. The third-order valence-corrected chi connectivity index (χ3v) is 7.35. The first-order valence-electron chi connectivity index (χ1n) is 8.83. The van der Waals surface area contributed by atoms with Gasteiger partial charge in [-0.3, -0.25) is 14.4 Å². The van der Waals surface area contributed by atoms with Crippen LogP contribution < -0.4 is 0 Å². The number of fused-ring (bicyclic) bond motifs is 1. The number of hydrogen-bond donors (Lipinski definition) is 0. The first-order chi connectivity index (χ1) is 11.9. The van der Waals surface area contributed by atoms with Crippen molar-refractivity contribution in [2.75, 3.05) is 31.1 Å². The Labute approximate surface area is 152 Å². The Bertz CT molecular complexity index is 761. The van der Waals surface area contributed by atoms with Gasteiger partial charge in [0.05, 0.1) is 28.8 Å². The maximum atomic E-state index is 12.7. The fourth-order valence-electron chi connectivity index (χ4n) is 4.01. The van der Waals surface area contributed by atoms with Gasteiger partial charge >= 0.3 is 0 Å². The fourth-order valence-corrected chi connectivity index (χ4v) is 6.18. The second-order valence-electron chi connectivity index (χ2n) is 7.41. The molecule has 0 bridgehead atoms. The predicted molar refractivity (Wildman–Crippen MR) is 94.1 cm³/mol. The molecule has 4 rings (SSSR count). The van der Waals surface area contributed by atoms with E-state index in [0.29, 0.717) is 24.5 Å². The van der Waals surface area contributed by atoms with Crippen molar-refractivity contribution >= 4 is 27.3 Å². The van der Waals surface area contributed by atoms with Crippen LogP contribution in [0.25, 0.3) is 0 Å². The van der Waals surface area contributed by atoms with Crippen molar-refractivity contribution in [3.63, 3.8) is 0 Å². The molecule has 25 heavy (non-hydrogen) atoms. The van der Waals surface area contributed by atoms with Crippen LogP contribution in [0.5, 0.6) is 0 Å². The van der Waals surface area contributed by atoms with E-state index in [1.165, 1.54) is 12.8 Å². The number of hydrogen-bond acceptors (Lipinski definition) is 5. The third-order valence-electron chi connectivity index (χ3n) is 5.46. The molecule has 3 heterocycles. The van der Waals surface area contributed by atoms with E-state index in [0.717, 1.165) is 19.0 Å². The Morgan fingerprint density at radius 3 is 2.68 bits per heavy atom. The zero-order valence-electron chi connectivity index (χ0n) is 14.1. The Hall–Kier alpha value is -1.12. The number of rotatable bonds is 5. The van der Waals surface area contributed by atoms with Crippen LogP contribution in [-0.2, 0) is 21.2 Å². The van der Waals surface area contributed by atoms with Crippen LogP contribution in [0.2, 0.25) is 5.02 Å². The summed E-state index contributed by atoms with van der Waals surface area (Å²) >= 11 is 5.84. The van der Waals surface area contributed by atoms with Crippen LogP contribution in [0, 0.1) is 5.92 Å². The fraction of sp³-hybridized carbons (Fsp3) is 0.750. The summed E-state index contributed by atoms with van der Waals surface area (Å²) in [6.45, 7) is 2.82. The second kappa shape index (κ2) is 6.55. The molecule has 1 amide bonds. The standard InChI is InChI=1S/C16H23ClN4O3S/c17-13-7-18-20(9-13)4-3-16(22)21-6-5-19(8-12-1-2-12)14-10-25(23,24)11-15(14)21/h7,9,12,14-15H,1-6,8,10-11H2/t14-,15+/m1/s1. The predicted octanol–water partition coefficient (Wildman–Crippen LogP) is 0.646. The quantitative estimate of drug-likeness (QED) is 0.742. The molecular formula is C16H23ClN4O3S. The highest BCUT2D eigenvalue weighted by atomic mass is 35.5. The van der Waals surface area contributed by atoms with Gasteiger partial charge in [0.2, 0.25) is 5.91 Å². The molecule has 0 spiro atoms. The Morgan fingerprint density at radius 1 is 1.24 bits per heavy atom. The molecule has 3 fully saturated rings. The lowest BCUT2D eigenvalue weighted by Gasteiger charge is -2.44. The van der Waals surface area contributed by atoms with Crippen molar-refractivity contribution in [1.82, 2.24) is 19.6 Å². The summed E-state index contributed by atoms with van der Waals surface area (Å²) in [7, 11) is -3.08. The average molecular weight is 387 g/mol. The van der Waals surface area contributed by atoms with Gasteiger partial charge in [0, 0.05) is 44.8 Å². The van der Waals surface area contributed by atoms with E-state index in [2.05, 4.69) is 10.00 Å². The highest BCUT2D eigenvalue weighted by molar-refractivity contribution is 7.91. The SMILES string of the molecule is O=C(CCn1cc(Cl)cn1)N1CCN(CC2CC2)[C@@H]2CS(=O)(=O)C[C@@H]21. The molecule has 1 saturated carbocycles. The topological polar surface area (TPSA) is 75.5 Å². The summed E-state index contributed by atoms with van der Waals surface area (Å²) in [5.41, 5.74) is 0. The van der Waals surface area contributed by atoms with Crippen LogP contribution in [0.4, 0.5) is 0 Å². The zero-order valence-corrected chi connectivity index (χ0v) is 15.6. The molecule has 1 aliphatic carbocycles. The number of carbonyl (C=O) groups is 1. The van der Waals surface area contributed by atoms with E-state index in [-0.39, 0.29) is 29.5 Å². The van der Waals surface area contributed by atoms with Crippen molar-refractivity contribution in [3.05, 3.63) is 17.4 Å². The van der Waals surface area contributed by atoms with Gasteiger partial charge < -0.3 is 4.90 Å². The number of halogens is 1. The van der Waals surface area contributed by atoms with Gasteiger partial charge in [-0.1, -0.05) is 11.6 Å². The molecule has 9 heteroatoms. The number of aryl methyl sites for hydroxylation is 1. The molecule has 0 radical (unpaired) electrons. The summed E-state index contributed by atoms with van der Waals surface area (Å²) in [6.07, 6.45) is 6.03. The van der Waals surface area contributed by atoms with Crippen LogP contribution in [-0.4, -0.2) is 77.1 Å². The van der Waals surface area contributed by atoms with Gasteiger partial charge in [0.1, 0.15) is 0 Å². The van der Waals surface area contributed by atoms with Crippen molar-refractivity contribution in [2.24, 2.45) is 5.92 Å². The maximum Gasteiger partial charge on any atom is 0.224 e. The molecule has 0 unspecified atom stereocenters. The number of piperazine rings is 1. The summed E-state index contributed by atoms with van der Waals surface area (Å²) in [6, 6.07) is -0.242. The Balaban J connectivity index is 1.43. The molecule has 2 aliphatic heterocycles. The second-order valence-corrected chi connectivity index (χ2v) is 10.00. The largest absolute Gasteiger partial charge is 0.336 e. The molecular weight excluding hydrogens is 364 g/mol. The normalized spacial score (nSPS) is 28.9. The van der Waals surface area contributed by atoms with Crippen molar-refractivity contribution in [2.45, 2.75) is 37.9 Å². The first-order valence-corrected chi connectivity index (χ1v) is 11.0. The lowest BCUT2D eigenvalue weighted by Crippen LogP contribution is -2.60. The van der Waals surface area contributed by atoms with Gasteiger partial charge in [-0.15, -0.1) is 0 Å². The van der Waals surface area contributed by atoms with Gasteiger partial charge in [-0.05, 0) is 18.8 Å². The number of aromatic nitrogens is 2. The number of sulfone groups is 1. The minimum atomic E-state index is -3.08. The Morgan fingerprint density at radius 2 is 2.00 bits per heavy atom. The smallest absolute Gasteiger partial charge is 0.224 e. The van der Waals surface area contributed by atoms with E-state index in [1.54, 1.807) is 22.0 Å². The summed E-state index contributed by atoms with van der Waals surface area (Å²) in [4.78, 5) is 16.8. The highest BCUT2D eigenvalue weighted by Gasteiger charge is 2.48. The van der Waals surface area contributed by atoms with E-state index < -0.39 is 9.84 Å². The summed E-state index contributed by atoms with van der Waals surface area (Å²) < 4.78 is 26.0. The average Bonchev–Trinajstić information content (AvgIpc) is 3.17. The molecule has 138 valence electrons. The molecule has 0 aromatic carbocycles. The maximum absolute atomic E-state index is 12.7. The summed E-state index contributed by atoms with van der Waals surface area (Å²) in [5.74, 6) is 1.00. The lowest BCUT2D eigenvalue weighted by molar-refractivity contribution is -0.137. The van der Waals surface area contributed by atoms with E-state index in [4.69, 9.17) is 11.6 Å². The molecule has 1 aromatic heterocycles. The van der Waals surface area contributed by atoms with Crippen molar-refractivity contribution < 1.29 is 13.2 Å². The van der Waals surface area contributed by atoms with E-state index in [1.807, 2.05) is 0 Å². The van der Waals surface area contributed by atoms with Crippen LogP contribution in [0.1, 0.15) is 19.3 Å². The van der Waals surface area contributed by atoms with Gasteiger partial charge in [-0.2, -0.15) is 5.10 Å². The Kier molecular flexibility index (Phi) is 4.54. The van der Waals surface area contributed by atoms with Crippen molar-refractivity contribution in [3.8, 4) is 0 Å². The molecule has 1 aromatic rings. The number of carbonyl (C=O) groups excluding carboxylic acids is 1.